The number of amides is 1. The fourth-order valence-corrected chi connectivity index (χ4v) is 4.09. The van der Waals surface area contributed by atoms with Crippen molar-refractivity contribution in [1.82, 2.24) is 9.88 Å². The van der Waals surface area contributed by atoms with Crippen LogP contribution in [0.2, 0.25) is 0 Å². The van der Waals surface area contributed by atoms with Crippen molar-refractivity contribution in [1.29, 1.82) is 0 Å². The topological polar surface area (TPSA) is 76.6 Å². The summed E-state index contributed by atoms with van der Waals surface area (Å²) in [5.74, 6) is -1.46. The molecular formula is C13H17FN2O4S. The summed E-state index contributed by atoms with van der Waals surface area (Å²) in [7, 11) is -1.65. The number of carbonyl (C=O) groups is 1. The molecule has 6 nitrogen and oxygen atoms in total. The van der Waals surface area contributed by atoms with Gasteiger partial charge in [0.1, 0.15) is 0 Å². The Labute approximate surface area is 122 Å². The number of sulfone groups is 1. The first-order chi connectivity index (χ1) is 9.94. The minimum atomic E-state index is -3.14. The summed E-state index contributed by atoms with van der Waals surface area (Å²) in [5.41, 5.74) is -0.155. The van der Waals surface area contributed by atoms with Crippen LogP contribution >= 0.6 is 0 Å². The molecule has 1 amide bonds. The molecule has 1 aliphatic heterocycles. The first kappa shape index (κ1) is 15.8. The SMILES string of the molecule is COCCN(C(=O)c1cccnc1F)C1CCS(=O)(=O)C1. The average molecular weight is 316 g/mol. The third-order valence-electron chi connectivity index (χ3n) is 3.44. The van der Waals surface area contributed by atoms with Crippen molar-refractivity contribution < 1.29 is 22.3 Å². The average Bonchev–Trinajstić information content (AvgIpc) is 2.79. The van der Waals surface area contributed by atoms with E-state index in [4.69, 9.17) is 4.74 Å². The molecule has 0 bridgehead atoms. The Balaban J connectivity index is 2.24. The minimum absolute atomic E-state index is 0.0456. The molecule has 2 rings (SSSR count). The summed E-state index contributed by atoms with van der Waals surface area (Å²) in [6.45, 7) is 0.466. The predicted octanol–water partition coefficient (Wildman–Crippen LogP) is 0.496. The molecule has 0 aliphatic carbocycles. The highest BCUT2D eigenvalue weighted by Crippen LogP contribution is 2.20. The summed E-state index contributed by atoms with van der Waals surface area (Å²) in [4.78, 5) is 17.3. The van der Waals surface area contributed by atoms with Crippen molar-refractivity contribution in [2.45, 2.75) is 12.5 Å². The van der Waals surface area contributed by atoms with Crippen LogP contribution in [0.4, 0.5) is 4.39 Å². The zero-order chi connectivity index (χ0) is 15.5. The number of rotatable bonds is 5. The summed E-state index contributed by atoms with van der Waals surface area (Å²) in [6.07, 6.45) is 1.62. The molecule has 8 heteroatoms. The molecule has 0 spiro atoms. The predicted molar refractivity (Wildman–Crippen MR) is 74.2 cm³/mol. The zero-order valence-electron chi connectivity index (χ0n) is 11.7. The summed E-state index contributed by atoms with van der Waals surface area (Å²) >= 11 is 0. The van der Waals surface area contributed by atoms with E-state index in [0.29, 0.717) is 6.42 Å². The van der Waals surface area contributed by atoms with E-state index in [9.17, 15) is 17.6 Å². The first-order valence-electron chi connectivity index (χ1n) is 6.55. The monoisotopic (exact) mass is 316 g/mol. The first-order valence-corrected chi connectivity index (χ1v) is 8.37. The number of hydrogen-bond donors (Lipinski definition) is 0. The maximum Gasteiger partial charge on any atom is 0.258 e. The van der Waals surface area contributed by atoms with Crippen LogP contribution in [0.3, 0.4) is 0 Å². The van der Waals surface area contributed by atoms with Crippen LogP contribution in [0.15, 0.2) is 18.3 Å². The number of aromatic nitrogens is 1. The highest BCUT2D eigenvalue weighted by molar-refractivity contribution is 7.91. The van der Waals surface area contributed by atoms with Gasteiger partial charge in [-0.3, -0.25) is 4.79 Å². The fraction of sp³-hybridized carbons (Fsp3) is 0.538. The van der Waals surface area contributed by atoms with Gasteiger partial charge >= 0.3 is 0 Å². The lowest BCUT2D eigenvalue weighted by Gasteiger charge is -2.28. The lowest BCUT2D eigenvalue weighted by Crippen LogP contribution is -2.43. The van der Waals surface area contributed by atoms with E-state index >= 15 is 0 Å². The normalized spacial score (nSPS) is 20.4. The second kappa shape index (κ2) is 6.48. The van der Waals surface area contributed by atoms with Gasteiger partial charge in [-0.15, -0.1) is 0 Å². The highest BCUT2D eigenvalue weighted by Gasteiger charge is 2.35. The van der Waals surface area contributed by atoms with E-state index in [0.717, 1.165) is 0 Å². The molecule has 1 aromatic heterocycles. The summed E-state index contributed by atoms with van der Waals surface area (Å²) in [6, 6.07) is 2.36. The minimum Gasteiger partial charge on any atom is -0.383 e. The second-order valence-electron chi connectivity index (χ2n) is 4.89. The maximum atomic E-state index is 13.7. The molecular weight excluding hydrogens is 299 g/mol. The van der Waals surface area contributed by atoms with Crippen molar-refractivity contribution in [3.63, 3.8) is 0 Å². The molecule has 0 radical (unpaired) electrons. The molecule has 1 aliphatic rings. The van der Waals surface area contributed by atoms with E-state index in [2.05, 4.69) is 4.98 Å². The molecule has 1 unspecified atom stereocenters. The summed E-state index contributed by atoms with van der Waals surface area (Å²) in [5, 5.41) is 0. The van der Waals surface area contributed by atoms with Crippen molar-refractivity contribution in [3.8, 4) is 0 Å². The van der Waals surface area contributed by atoms with E-state index in [1.807, 2.05) is 0 Å². The van der Waals surface area contributed by atoms with E-state index in [-0.39, 0.29) is 30.2 Å². The maximum absolute atomic E-state index is 13.7. The molecule has 1 aromatic rings. The Bertz CT molecular complexity index is 620. The molecule has 21 heavy (non-hydrogen) atoms. The van der Waals surface area contributed by atoms with Crippen LogP contribution in [0.1, 0.15) is 16.8 Å². The highest BCUT2D eigenvalue weighted by atomic mass is 32.2. The quantitative estimate of drug-likeness (QED) is 0.739. The molecule has 0 saturated carbocycles. The Morgan fingerprint density at radius 3 is 2.90 bits per heavy atom. The Morgan fingerprint density at radius 1 is 1.57 bits per heavy atom. The van der Waals surface area contributed by atoms with Gasteiger partial charge in [0.25, 0.3) is 5.91 Å². The fourth-order valence-electron chi connectivity index (χ4n) is 2.36. The van der Waals surface area contributed by atoms with Crippen molar-refractivity contribution in [2.75, 3.05) is 31.8 Å². The molecule has 116 valence electrons. The molecule has 1 saturated heterocycles. The van der Waals surface area contributed by atoms with Gasteiger partial charge in [-0.2, -0.15) is 4.39 Å². The Morgan fingerprint density at radius 2 is 2.33 bits per heavy atom. The number of halogens is 1. The van der Waals surface area contributed by atoms with Crippen molar-refractivity contribution >= 4 is 15.7 Å². The number of carbonyl (C=O) groups excluding carboxylic acids is 1. The van der Waals surface area contributed by atoms with Crippen LogP contribution in [0.25, 0.3) is 0 Å². The van der Waals surface area contributed by atoms with Gasteiger partial charge in [0, 0.05) is 25.9 Å². The second-order valence-corrected chi connectivity index (χ2v) is 7.12. The third-order valence-corrected chi connectivity index (χ3v) is 5.19. The van der Waals surface area contributed by atoms with E-state index in [1.165, 1.54) is 30.3 Å². The lowest BCUT2D eigenvalue weighted by atomic mass is 10.1. The largest absolute Gasteiger partial charge is 0.383 e. The van der Waals surface area contributed by atoms with Gasteiger partial charge in [0.15, 0.2) is 9.84 Å². The van der Waals surface area contributed by atoms with Crippen LogP contribution in [0.5, 0.6) is 0 Å². The van der Waals surface area contributed by atoms with E-state index < -0.39 is 27.7 Å². The van der Waals surface area contributed by atoms with Crippen LogP contribution in [0, 0.1) is 5.95 Å². The van der Waals surface area contributed by atoms with Gasteiger partial charge in [0.05, 0.1) is 23.7 Å². The van der Waals surface area contributed by atoms with Crippen molar-refractivity contribution in [3.05, 3.63) is 29.8 Å². The van der Waals surface area contributed by atoms with Gasteiger partial charge in [0.2, 0.25) is 5.95 Å². The molecule has 0 aromatic carbocycles. The van der Waals surface area contributed by atoms with Gasteiger partial charge in [-0.05, 0) is 18.6 Å². The van der Waals surface area contributed by atoms with Gasteiger partial charge < -0.3 is 9.64 Å². The number of ether oxygens (including phenoxy) is 1. The number of nitrogens with zero attached hydrogens (tertiary/aromatic N) is 2. The number of pyridine rings is 1. The Kier molecular flexibility index (Phi) is 4.89. The van der Waals surface area contributed by atoms with Gasteiger partial charge in [-0.25, -0.2) is 13.4 Å². The standard InChI is InChI=1S/C13H17FN2O4S/c1-20-7-6-16(10-4-8-21(18,19)9-10)13(17)11-3-2-5-15-12(11)14/h2-3,5,10H,4,6-9H2,1H3. The molecule has 1 atom stereocenters. The van der Waals surface area contributed by atoms with Crippen LogP contribution in [-0.2, 0) is 14.6 Å². The number of methoxy groups -OCH3 is 1. The molecule has 2 heterocycles. The van der Waals surface area contributed by atoms with Crippen LogP contribution < -0.4 is 0 Å². The molecule has 0 N–H and O–H groups in total. The number of hydrogen-bond acceptors (Lipinski definition) is 5. The third kappa shape index (κ3) is 3.76. The Hall–Kier alpha value is -1.54. The smallest absolute Gasteiger partial charge is 0.258 e. The van der Waals surface area contributed by atoms with Crippen LogP contribution in [-0.4, -0.2) is 62.0 Å². The lowest BCUT2D eigenvalue weighted by molar-refractivity contribution is 0.0619. The zero-order valence-corrected chi connectivity index (χ0v) is 12.5. The van der Waals surface area contributed by atoms with Gasteiger partial charge in [-0.1, -0.05) is 0 Å². The summed E-state index contributed by atoms with van der Waals surface area (Å²) < 4.78 is 41.8. The van der Waals surface area contributed by atoms with Crippen molar-refractivity contribution in [2.24, 2.45) is 0 Å². The molecule has 1 fully saturated rings. The van der Waals surface area contributed by atoms with E-state index in [1.54, 1.807) is 0 Å².